The molecule has 0 unspecified atom stereocenters. The standard InChI is InChI=1S/C10H14N2O3S/c1-11-10(13)7-12-8-3-5-9(6-4-8)16(2,14)15/h3-6,12H,7H2,1-2H3,(H,11,13). The molecule has 0 saturated heterocycles. The van der Waals surface area contributed by atoms with E-state index in [1.807, 2.05) is 0 Å². The van der Waals surface area contributed by atoms with E-state index in [1.165, 1.54) is 12.1 Å². The summed E-state index contributed by atoms with van der Waals surface area (Å²) in [5, 5.41) is 5.34. The number of likely N-dealkylation sites (N-methyl/N-ethyl adjacent to an activating group) is 1. The second-order valence-corrected chi connectivity index (χ2v) is 5.34. The zero-order valence-electron chi connectivity index (χ0n) is 9.15. The van der Waals surface area contributed by atoms with Gasteiger partial charge in [0.2, 0.25) is 5.91 Å². The van der Waals surface area contributed by atoms with Gasteiger partial charge < -0.3 is 10.6 Å². The molecule has 0 aliphatic heterocycles. The van der Waals surface area contributed by atoms with Crippen molar-refractivity contribution in [2.45, 2.75) is 4.90 Å². The van der Waals surface area contributed by atoms with Gasteiger partial charge in [0, 0.05) is 19.0 Å². The molecule has 0 aliphatic rings. The number of amides is 1. The summed E-state index contributed by atoms with van der Waals surface area (Å²) in [5.41, 5.74) is 0.705. The van der Waals surface area contributed by atoms with Gasteiger partial charge in [-0.15, -0.1) is 0 Å². The minimum atomic E-state index is -3.16. The van der Waals surface area contributed by atoms with E-state index >= 15 is 0 Å². The molecule has 1 aromatic rings. The van der Waals surface area contributed by atoms with Crippen molar-refractivity contribution >= 4 is 21.4 Å². The molecule has 1 amide bonds. The Balaban J connectivity index is 2.69. The largest absolute Gasteiger partial charge is 0.376 e. The molecular weight excluding hydrogens is 228 g/mol. The lowest BCUT2D eigenvalue weighted by Gasteiger charge is -2.05. The number of carbonyl (C=O) groups excluding carboxylic acids is 1. The molecule has 1 aromatic carbocycles. The summed E-state index contributed by atoms with van der Waals surface area (Å²) in [6.45, 7) is 0.161. The van der Waals surface area contributed by atoms with Crippen molar-refractivity contribution in [1.29, 1.82) is 0 Å². The average Bonchev–Trinajstić information content (AvgIpc) is 2.25. The van der Waals surface area contributed by atoms with Gasteiger partial charge in [-0.1, -0.05) is 0 Å². The normalized spacial score (nSPS) is 10.9. The number of anilines is 1. The van der Waals surface area contributed by atoms with Gasteiger partial charge in [-0.05, 0) is 24.3 Å². The van der Waals surface area contributed by atoms with E-state index in [4.69, 9.17) is 0 Å². The number of nitrogens with one attached hydrogen (secondary N) is 2. The molecule has 0 saturated carbocycles. The maximum atomic E-state index is 11.2. The molecule has 0 fully saturated rings. The maximum Gasteiger partial charge on any atom is 0.239 e. The van der Waals surface area contributed by atoms with E-state index in [-0.39, 0.29) is 17.3 Å². The number of hydrogen-bond donors (Lipinski definition) is 2. The molecule has 6 heteroatoms. The van der Waals surface area contributed by atoms with Crippen molar-refractivity contribution in [2.24, 2.45) is 0 Å². The molecule has 0 aliphatic carbocycles. The van der Waals surface area contributed by atoms with Crippen LogP contribution in [0.25, 0.3) is 0 Å². The SMILES string of the molecule is CNC(=O)CNc1ccc(S(C)(=O)=O)cc1. The molecule has 5 nitrogen and oxygen atoms in total. The highest BCUT2D eigenvalue weighted by Gasteiger charge is 2.06. The number of sulfone groups is 1. The summed E-state index contributed by atoms with van der Waals surface area (Å²) in [4.78, 5) is 11.2. The molecule has 0 heterocycles. The highest BCUT2D eigenvalue weighted by Crippen LogP contribution is 2.13. The quantitative estimate of drug-likeness (QED) is 0.793. The molecule has 1 rings (SSSR count). The van der Waals surface area contributed by atoms with E-state index in [0.29, 0.717) is 5.69 Å². The lowest BCUT2D eigenvalue weighted by molar-refractivity contribution is -0.118. The Morgan fingerprint density at radius 1 is 1.25 bits per heavy atom. The smallest absolute Gasteiger partial charge is 0.239 e. The predicted octanol–water partition coefficient (Wildman–Crippen LogP) is 0.248. The van der Waals surface area contributed by atoms with Crippen LogP contribution in [0.3, 0.4) is 0 Å². The number of benzene rings is 1. The van der Waals surface area contributed by atoms with Crippen LogP contribution >= 0.6 is 0 Å². The van der Waals surface area contributed by atoms with Crippen LogP contribution in [0.2, 0.25) is 0 Å². The van der Waals surface area contributed by atoms with Gasteiger partial charge in [0.15, 0.2) is 9.84 Å². The number of rotatable bonds is 4. The molecule has 88 valence electrons. The van der Waals surface area contributed by atoms with Crippen LogP contribution in [0.1, 0.15) is 0 Å². The van der Waals surface area contributed by atoms with Gasteiger partial charge in [-0.25, -0.2) is 8.42 Å². The van der Waals surface area contributed by atoms with Crippen molar-refractivity contribution in [3.63, 3.8) is 0 Å². The molecule has 16 heavy (non-hydrogen) atoms. The fourth-order valence-corrected chi connectivity index (χ4v) is 1.72. The summed E-state index contributed by atoms with van der Waals surface area (Å²) in [5.74, 6) is -0.132. The summed E-state index contributed by atoms with van der Waals surface area (Å²) >= 11 is 0. The first-order valence-electron chi connectivity index (χ1n) is 4.68. The Labute approximate surface area is 94.8 Å². The van der Waals surface area contributed by atoms with Crippen LogP contribution in [0.4, 0.5) is 5.69 Å². The third-order valence-corrected chi connectivity index (χ3v) is 3.14. The summed E-state index contributed by atoms with van der Waals surface area (Å²) in [7, 11) is -1.61. The first-order valence-corrected chi connectivity index (χ1v) is 6.57. The van der Waals surface area contributed by atoms with Crippen LogP contribution in [0, 0.1) is 0 Å². The average molecular weight is 242 g/mol. The Kier molecular flexibility index (Phi) is 3.89. The topological polar surface area (TPSA) is 75.3 Å². The van der Waals surface area contributed by atoms with Crippen LogP contribution in [0.15, 0.2) is 29.2 Å². The van der Waals surface area contributed by atoms with E-state index in [0.717, 1.165) is 6.26 Å². The molecule has 0 radical (unpaired) electrons. The van der Waals surface area contributed by atoms with Gasteiger partial charge in [-0.2, -0.15) is 0 Å². The molecule has 2 N–H and O–H groups in total. The molecule has 0 bridgehead atoms. The van der Waals surface area contributed by atoms with E-state index < -0.39 is 9.84 Å². The predicted molar refractivity (Wildman–Crippen MR) is 62.1 cm³/mol. The Morgan fingerprint density at radius 2 is 1.81 bits per heavy atom. The third kappa shape index (κ3) is 3.54. The monoisotopic (exact) mass is 242 g/mol. The van der Waals surface area contributed by atoms with Crippen molar-refractivity contribution in [3.05, 3.63) is 24.3 Å². The Morgan fingerprint density at radius 3 is 2.25 bits per heavy atom. The van der Waals surface area contributed by atoms with Crippen molar-refractivity contribution in [2.75, 3.05) is 25.2 Å². The third-order valence-electron chi connectivity index (χ3n) is 2.01. The molecule has 0 aromatic heterocycles. The number of carbonyl (C=O) groups is 1. The summed E-state index contributed by atoms with van der Waals surface area (Å²) < 4.78 is 22.3. The van der Waals surface area contributed by atoms with Gasteiger partial charge in [0.25, 0.3) is 0 Å². The van der Waals surface area contributed by atoms with Crippen molar-refractivity contribution in [3.8, 4) is 0 Å². The van der Waals surface area contributed by atoms with Gasteiger partial charge in [0.05, 0.1) is 11.4 Å². The maximum absolute atomic E-state index is 11.2. The van der Waals surface area contributed by atoms with Gasteiger partial charge >= 0.3 is 0 Å². The Bertz CT molecular complexity index is 465. The van der Waals surface area contributed by atoms with E-state index in [9.17, 15) is 13.2 Å². The molecule has 0 spiro atoms. The van der Waals surface area contributed by atoms with Crippen LogP contribution in [0.5, 0.6) is 0 Å². The van der Waals surface area contributed by atoms with Gasteiger partial charge in [0.1, 0.15) is 0 Å². The molecular formula is C10H14N2O3S. The fraction of sp³-hybridized carbons (Fsp3) is 0.300. The highest BCUT2D eigenvalue weighted by molar-refractivity contribution is 7.90. The van der Waals surface area contributed by atoms with Crippen LogP contribution in [-0.2, 0) is 14.6 Å². The highest BCUT2D eigenvalue weighted by atomic mass is 32.2. The first kappa shape index (κ1) is 12.5. The second kappa shape index (κ2) is 4.98. The summed E-state index contributed by atoms with van der Waals surface area (Å²) in [6.07, 6.45) is 1.15. The minimum absolute atomic E-state index is 0.132. The zero-order chi connectivity index (χ0) is 12.2. The minimum Gasteiger partial charge on any atom is -0.376 e. The first-order chi connectivity index (χ1) is 7.43. The lowest BCUT2D eigenvalue weighted by atomic mass is 10.3. The lowest BCUT2D eigenvalue weighted by Crippen LogP contribution is -2.26. The van der Waals surface area contributed by atoms with Crippen LogP contribution < -0.4 is 10.6 Å². The number of hydrogen-bond acceptors (Lipinski definition) is 4. The zero-order valence-corrected chi connectivity index (χ0v) is 9.97. The van der Waals surface area contributed by atoms with Crippen molar-refractivity contribution < 1.29 is 13.2 Å². The fourth-order valence-electron chi connectivity index (χ4n) is 1.09. The second-order valence-electron chi connectivity index (χ2n) is 3.32. The van der Waals surface area contributed by atoms with Gasteiger partial charge in [-0.3, -0.25) is 4.79 Å². The Hall–Kier alpha value is -1.56. The van der Waals surface area contributed by atoms with Crippen LogP contribution in [-0.4, -0.2) is 34.2 Å². The van der Waals surface area contributed by atoms with E-state index in [1.54, 1.807) is 19.2 Å². The summed E-state index contributed by atoms with van der Waals surface area (Å²) in [6, 6.07) is 6.25. The van der Waals surface area contributed by atoms with E-state index in [2.05, 4.69) is 10.6 Å². The molecule has 0 atom stereocenters. The van der Waals surface area contributed by atoms with Crippen molar-refractivity contribution in [1.82, 2.24) is 5.32 Å².